The number of amides is 2. The number of rotatable bonds is 1. The third-order valence-electron chi connectivity index (χ3n) is 3.59. The van der Waals surface area contributed by atoms with Crippen LogP contribution in [0.5, 0.6) is 5.75 Å². The number of aryl methyl sites for hydroxylation is 1. The maximum atomic E-state index is 13.2. The van der Waals surface area contributed by atoms with Crippen LogP contribution in [-0.2, 0) is 0 Å². The van der Waals surface area contributed by atoms with Crippen molar-refractivity contribution in [3.8, 4) is 5.75 Å². The highest BCUT2D eigenvalue weighted by atomic mass is 35.5. The quantitative estimate of drug-likeness (QED) is 0.827. The molecular weight excluding hydrogens is 319 g/mol. The van der Waals surface area contributed by atoms with Crippen molar-refractivity contribution in [3.05, 3.63) is 52.8 Å². The van der Waals surface area contributed by atoms with E-state index >= 15 is 0 Å². The SMILES string of the molecule is Cc1ccc2c(c1)N(C(=O)Nc1ccc(F)c(Cl)c1)C[C@H](C)O2. The van der Waals surface area contributed by atoms with E-state index < -0.39 is 5.82 Å². The molecular formula is C17H16ClFN2O2. The summed E-state index contributed by atoms with van der Waals surface area (Å²) >= 11 is 5.75. The number of nitrogens with one attached hydrogen (secondary N) is 1. The van der Waals surface area contributed by atoms with Gasteiger partial charge in [-0.1, -0.05) is 17.7 Å². The molecule has 2 aromatic carbocycles. The van der Waals surface area contributed by atoms with Crippen molar-refractivity contribution >= 4 is 29.0 Å². The predicted octanol–water partition coefficient (Wildman–Crippen LogP) is 4.61. The Morgan fingerprint density at radius 2 is 2.13 bits per heavy atom. The Morgan fingerprint density at radius 1 is 1.35 bits per heavy atom. The van der Waals surface area contributed by atoms with E-state index in [1.54, 1.807) is 4.90 Å². The number of anilines is 2. The van der Waals surface area contributed by atoms with Crippen LogP contribution in [0.25, 0.3) is 0 Å². The lowest BCUT2D eigenvalue weighted by Gasteiger charge is -2.33. The summed E-state index contributed by atoms with van der Waals surface area (Å²) in [4.78, 5) is 14.2. The summed E-state index contributed by atoms with van der Waals surface area (Å²) < 4.78 is 19.0. The first kappa shape index (κ1) is 15.6. The number of benzene rings is 2. The number of nitrogens with zero attached hydrogens (tertiary/aromatic N) is 1. The van der Waals surface area contributed by atoms with Crippen LogP contribution in [0.4, 0.5) is 20.6 Å². The fourth-order valence-corrected chi connectivity index (χ4v) is 2.69. The van der Waals surface area contributed by atoms with Gasteiger partial charge in [-0.2, -0.15) is 0 Å². The summed E-state index contributed by atoms with van der Waals surface area (Å²) in [5, 5.41) is 2.71. The molecule has 0 spiro atoms. The third kappa shape index (κ3) is 3.24. The van der Waals surface area contributed by atoms with Crippen LogP contribution >= 0.6 is 11.6 Å². The van der Waals surface area contributed by atoms with Crippen molar-refractivity contribution in [3.63, 3.8) is 0 Å². The maximum Gasteiger partial charge on any atom is 0.326 e. The first-order valence-corrected chi connectivity index (χ1v) is 7.62. The largest absolute Gasteiger partial charge is 0.487 e. The molecule has 0 aliphatic carbocycles. The summed E-state index contributed by atoms with van der Waals surface area (Å²) in [6.07, 6.45) is -0.118. The van der Waals surface area contributed by atoms with E-state index in [1.165, 1.54) is 18.2 Å². The van der Waals surface area contributed by atoms with E-state index in [0.717, 1.165) is 5.56 Å². The summed E-state index contributed by atoms with van der Waals surface area (Å²) in [6.45, 7) is 4.28. The van der Waals surface area contributed by atoms with Gasteiger partial charge in [0.2, 0.25) is 0 Å². The molecule has 1 aliphatic heterocycles. The molecule has 0 unspecified atom stereocenters. The molecule has 0 fully saturated rings. The molecule has 1 N–H and O–H groups in total. The summed E-state index contributed by atoms with van der Waals surface area (Å²) in [6, 6.07) is 9.46. The van der Waals surface area contributed by atoms with Crippen LogP contribution in [0.15, 0.2) is 36.4 Å². The summed E-state index contributed by atoms with van der Waals surface area (Å²) in [5.74, 6) is 0.146. The number of urea groups is 1. The Labute approximate surface area is 138 Å². The number of hydrogen-bond donors (Lipinski definition) is 1. The molecule has 0 bridgehead atoms. The van der Waals surface area contributed by atoms with Gasteiger partial charge in [-0.15, -0.1) is 0 Å². The molecule has 3 rings (SSSR count). The van der Waals surface area contributed by atoms with Crippen LogP contribution < -0.4 is 15.0 Å². The number of halogens is 2. The van der Waals surface area contributed by atoms with Gasteiger partial charge in [-0.25, -0.2) is 9.18 Å². The van der Waals surface area contributed by atoms with Gasteiger partial charge in [-0.05, 0) is 49.7 Å². The van der Waals surface area contributed by atoms with E-state index in [9.17, 15) is 9.18 Å². The number of fused-ring (bicyclic) bond motifs is 1. The van der Waals surface area contributed by atoms with Gasteiger partial charge >= 0.3 is 6.03 Å². The minimum atomic E-state index is -0.523. The fraction of sp³-hybridized carbons (Fsp3) is 0.235. The van der Waals surface area contributed by atoms with Gasteiger partial charge in [0.25, 0.3) is 0 Å². The molecule has 0 aromatic heterocycles. The van der Waals surface area contributed by atoms with E-state index in [0.29, 0.717) is 23.7 Å². The normalized spacial score (nSPS) is 16.5. The van der Waals surface area contributed by atoms with Crippen molar-refractivity contribution in [2.75, 3.05) is 16.8 Å². The molecule has 1 aliphatic rings. The highest BCUT2D eigenvalue weighted by Crippen LogP contribution is 2.34. The Bertz CT molecular complexity index is 766. The first-order chi connectivity index (χ1) is 10.9. The van der Waals surface area contributed by atoms with E-state index in [4.69, 9.17) is 16.3 Å². The Morgan fingerprint density at radius 3 is 2.87 bits per heavy atom. The second kappa shape index (κ2) is 6.08. The Kier molecular flexibility index (Phi) is 4.13. The number of carbonyl (C=O) groups excluding carboxylic acids is 1. The predicted molar refractivity (Wildman–Crippen MR) is 89.0 cm³/mol. The van der Waals surface area contributed by atoms with Crippen molar-refractivity contribution in [1.82, 2.24) is 0 Å². The molecule has 23 heavy (non-hydrogen) atoms. The standard InChI is InChI=1S/C17H16ClFN2O2/c1-10-3-6-16-15(7-10)21(9-11(2)23-16)17(22)20-12-4-5-14(19)13(18)8-12/h3-8,11H,9H2,1-2H3,(H,20,22)/t11-/m0/s1. The van der Waals surface area contributed by atoms with Gasteiger partial charge in [0.15, 0.2) is 0 Å². The van der Waals surface area contributed by atoms with E-state index in [2.05, 4.69) is 5.32 Å². The van der Waals surface area contributed by atoms with Crippen molar-refractivity contribution in [2.24, 2.45) is 0 Å². The molecule has 0 saturated heterocycles. The molecule has 1 heterocycles. The Hall–Kier alpha value is -2.27. The zero-order chi connectivity index (χ0) is 16.6. The third-order valence-corrected chi connectivity index (χ3v) is 3.88. The maximum absolute atomic E-state index is 13.2. The smallest absolute Gasteiger partial charge is 0.326 e. The number of hydrogen-bond acceptors (Lipinski definition) is 2. The van der Waals surface area contributed by atoms with Gasteiger partial charge in [0.1, 0.15) is 17.7 Å². The van der Waals surface area contributed by atoms with Gasteiger partial charge < -0.3 is 10.1 Å². The molecule has 4 nitrogen and oxygen atoms in total. The average Bonchev–Trinajstić information content (AvgIpc) is 2.50. The van der Waals surface area contributed by atoms with Crippen LogP contribution in [0.2, 0.25) is 5.02 Å². The molecule has 6 heteroatoms. The topological polar surface area (TPSA) is 41.6 Å². The van der Waals surface area contributed by atoms with Crippen molar-refractivity contribution in [1.29, 1.82) is 0 Å². The number of ether oxygens (including phenoxy) is 1. The minimum Gasteiger partial charge on any atom is -0.487 e. The van der Waals surface area contributed by atoms with E-state index in [1.807, 2.05) is 32.0 Å². The zero-order valence-corrected chi connectivity index (χ0v) is 13.5. The van der Waals surface area contributed by atoms with Crippen molar-refractivity contribution < 1.29 is 13.9 Å². The van der Waals surface area contributed by atoms with Crippen molar-refractivity contribution in [2.45, 2.75) is 20.0 Å². The molecule has 120 valence electrons. The van der Waals surface area contributed by atoms with Crippen LogP contribution in [0.1, 0.15) is 12.5 Å². The highest BCUT2D eigenvalue weighted by molar-refractivity contribution is 6.31. The molecule has 2 aromatic rings. The number of carbonyl (C=O) groups is 1. The lowest BCUT2D eigenvalue weighted by Crippen LogP contribution is -2.44. The van der Waals surface area contributed by atoms with Gasteiger partial charge in [0.05, 0.1) is 17.3 Å². The molecule has 1 atom stereocenters. The Balaban J connectivity index is 1.87. The van der Waals surface area contributed by atoms with E-state index in [-0.39, 0.29) is 17.2 Å². The summed E-state index contributed by atoms with van der Waals surface area (Å²) in [5.41, 5.74) is 2.19. The molecule has 0 saturated carbocycles. The second-order valence-electron chi connectivity index (χ2n) is 5.57. The first-order valence-electron chi connectivity index (χ1n) is 7.25. The molecule has 2 amide bonds. The van der Waals surface area contributed by atoms with Gasteiger partial charge in [-0.3, -0.25) is 4.90 Å². The average molecular weight is 335 g/mol. The zero-order valence-electron chi connectivity index (χ0n) is 12.8. The molecule has 0 radical (unpaired) electrons. The highest BCUT2D eigenvalue weighted by Gasteiger charge is 2.27. The summed E-state index contributed by atoms with van der Waals surface area (Å²) in [7, 11) is 0. The lowest BCUT2D eigenvalue weighted by molar-refractivity contribution is 0.208. The lowest BCUT2D eigenvalue weighted by atomic mass is 10.1. The van der Waals surface area contributed by atoms with Gasteiger partial charge in [0, 0.05) is 5.69 Å². The second-order valence-corrected chi connectivity index (χ2v) is 5.98. The fourth-order valence-electron chi connectivity index (χ4n) is 2.50. The van der Waals surface area contributed by atoms with Crippen LogP contribution in [-0.4, -0.2) is 18.7 Å². The van der Waals surface area contributed by atoms with Crippen LogP contribution in [0, 0.1) is 12.7 Å². The monoisotopic (exact) mass is 334 g/mol. The minimum absolute atomic E-state index is 0.0330. The van der Waals surface area contributed by atoms with Crippen LogP contribution in [0.3, 0.4) is 0 Å².